The quantitative estimate of drug-likeness (QED) is 0.874. The maximum atomic E-state index is 12.4. The van der Waals surface area contributed by atoms with Gasteiger partial charge in [-0.15, -0.1) is 11.3 Å². The van der Waals surface area contributed by atoms with Gasteiger partial charge < -0.3 is 11.1 Å². The van der Waals surface area contributed by atoms with Gasteiger partial charge in [-0.3, -0.25) is 4.79 Å². The Kier molecular flexibility index (Phi) is 3.35. The van der Waals surface area contributed by atoms with E-state index in [2.05, 4.69) is 10.3 Å². The van der Waals surface area contributed by atoms with Gasteiger partial charge in [0.15, 0.2) is 5.13 Å². The van der Waals surface area contributed by atoms with Gasteiger partial charge in [0.25, 0.3) is 0 Å². The van der Waals surface area contributed by atoms with Gasteiger partial charge in [-0.2, -0.15) is 0 Å². The van der Waals surface area contributed by atoms with Gasteiger partial charge in [-0.25, -0.2) is 4.98 Å². The molecular weight excluding hydrogens is 258 g/mol. The lowest BCUT2D eigenvalue weighted by Gasteiger charge is -2.26. The van der Waals surface area contributed by atoms with Crippen LogP contribution in [0.4, 0.5) is 5.13 Å². The summed E-state index contributed by atoms with van der Waals surface area (Å²) in [6.45, 7) is 1.98. The highest BCUT2D eigenvalue weighted by Gasteiger charge is 2.43. The Labute approximate surface area is 117 Å². The van der Waals surface area contributed by atoms with Crippen molar-refractivity contribution in [3.05, 3.63) is 10.6 Å². The van der Waals surface area contributed by atoms with Crippen molar-refractivity contribution >= 4 is 22.4 Å². The van der Waals surface area contributed by atoms with Gasteiger partial charge in [0, 0.05) is 10.9 Å². The molecule has 5 heteroatoms. The molecule has 0 aromatic carbocycles. The van der Waals surface area contributed by atoms with Crippen LogP contribution in [0, 0.1) is 5.41 Å². The van der Waals surface area contributed by atoms with Crippen LogP contribution in [0.25, 0.3) is 0 Å². The monoisotopic (exact) mass is 279 g/mol. The van der Waals surface area contributed by atoms with E-state index >= 15 is 0 Å². The normalized spacial score (nSPS) is 30.1. The van der Waals surface area contributed by atoms with Crippen LogP contribution in [0.2, 0.25) is 0 Å². The Balaban J connectivity index is 1.74. The van der Waals surface area contributed by atoms with Gasteiger partial charge in [0.05, 0.1) is 11.1 Å². The average molecular weight is 279 g/mol. The van der Waals surface area contributed by atoms with Crippen molar-refractivity contribution in [1.29, 1.82) is 0 Å². The van der Waals surface area contributed by atoms with E-state index in [4.69, 9.17) is 5.73 Å². The molecule has 2 aliphatic carbocycles. The van der Waals surface area contributed by atoms with Crippen LogP contribution in [0.5, 0.6) is 0 Å². The lowest BCUT2D eigenvalue weighted by molar-refractivity contribution is -0.125. The van der Waals surface area contributed by atoms with Crippen molar-refractivity contribution in [2.45, 2.75) is 57.9 Å². The molecule has 0 bridgehead atoms. The van der Waals surface area contributed by atoms with E-state index in [9.17, 15) is 4.79 Å². The fourth-order valence-corrected chi connectivity index (χ4v) is 4.17. The molecule has 4 nitrogen and oxygen atoms in total. The molecular formula is C14H21N3OS. The standard InChI is InChI=1S/C14H21N3OS/c1-14(8-4-7-11(14)15)12(18)17-13-16-9-5-2-3-6-10(9)19-13/h11H,2-8,15H2,1H3,(H,16,17,18). The second-order valence-electron chi connectivity index (χ2n) is 5.97. The molecule has 1 heterocycles. The van der Waals surface area contributed by atoms with Crippen molar-refractivity contribution in [1.82, 2.24) is 4.98 Å². The number of thiazole rings is 1. The molecule has 0 spiro atoms. The van der Waals surface area contributed by atoms with Crippen molar-refractivity contribution in [3.8, 4) is 0 Å². The molecule has 0 saturated heterocycles. The number of amides is 1. The largest absolute Gasteiger partial charge is 0.327 e. The molecule has 1 amide bonds. The zero-order valence-electron chi connectivity index (χ0n) is 11.4. The van der Waals surface area contributed by atoms with Gasteiger partial charge in [-0.1, -0.05) is 6.42 Å². The van der Waals surface area contributed by atoms with Crippen LogP contribution >= 0.6 is 11.3 Å². The zero-order chi connectivity index (χ0) is 13.5. The number of hydrogen-bond acceptors (Lipinski definition) is 4. The lowest BCUT2D eigenvalue weighted by Crippen LogP contribution is -2.44. The number of nitrogens with two attached hydrogens (primary N) is 1. The number of fused-ring (bicyclic) bond motifs is 1. The van der Waals surface area contributed by atoms with Crippen molar-refractivity contribution < 1.29 is 4.79 Å². The fourth-order valence-electron chi connectivity index (χ4n) is 3.12. The van der Waals surface area contributed by atoms with E-state index in [-0.39, 0.29) is 11.9 Å². The summed E-state index contributed by atoms with van der Waals surface area (Å²) in [4.78, 5) is 18.3. The summed E-state index contributed by atoms with van der Waals surface area (Å²) in [7, 11) is 0. The van der Waals surface area contributed by atoms with Crippen LogP contribution < -0.4 is 11.1 Å². The van der Waals surface area contributed by atoms with E-state index < -0.39 is 5.41 Å². The van der Waals surface area contributed by atoms with Crippen molar-refractivity contribution in [2.75, 3.05) is 5.32 Å². The summed E-state index contributed by atoms with van der Waals surface area (Å²) < 4.78 is 0. The topological polar surface area (TPSA) is 68.0 Å². The summed E-state index contributed by atoms with van der Waals surface area (Å²) in [5.74, 6) is 0.0450. The molecule has 0 aliphatic heterocycles. The summed E-state index contributed by atoms with van der Waals surface area (Å²) in [5, 5.41) is 3.76. The molecule has 1 aromatic rings. The van der Waals surface area contributed by atoms with Crippen LogP contribution in [-0.4, -0.2) is 16.9 Å². The summed E-state index contributed by atoms with van der Waals surface area (Å²) in [5.41, 5.74) is 6.85. The van der Waals surface area contributed by atoms with Crippen LogP contribution in [0.1, 0.15) is 49.6 Å². The number of aryl methyl sites for hydroxylation is 2. The summed E-state index contributed by atoms with van der Waals surface area (Å²) >= 11 is 1.64. The number of rotatable bonds is 2. The van der Waals surface area contributed by atoms with E-state index in [1.165, 1.54) is 23.4 Å². The number of anilines is 1. The summed E-state index contributed by atoms with van der Waals surface area (Å²) in [6, 6.07) is -0.0258. The molecule has 2 aliphatic rings. The second-order valence-corrected chi connectivity index (χ2v) is 7.05. The Hall–Kier alpha value is -0.940. The highest BCUT2D eigenvalue weighted by Crippen LogP contribution is 2.38. The maximum absolute atomic E-state index is 12.4. The number of aromatic nitrogens is 1. The first-order valence-corrected chi connectivity index (χ1v) is 7.97. The van der Waals surface area contributed by atoms with Crippen LogP contribution in [0.3, 0.4) is 0 Å². The van der Waals surface area contributed by atoms with E-state index in [1.807, 2.05) is 6.92 Å². The molecule has 2 atom stereocenters. The molecule has 0 radical (unpaired) electrons. The highest BCUT2D eigenvalue weighted by atomic mass is 32.1. The number of carbonyl (C=O) groups excluding carboxylic acids is 1. The lowest BCUT2D eigenvalue weighted by atomic mass is 9.84. The zero-order valence-corrected chi connectivity index (χ0v) is 12.2. The Morgan fingerprint density at radius 2 is 2.21 bits per heavy atom. The minimum absolute atomic E-state index is 0.0258. The minimum Gasteiger partial charge on any atom is -0.327 e. The van der Waals surface area contributed by atoms with Crippen molar-refractivity contribution in [2.24, 2.45) is 11.1 Å². The van der Waals surface area contributed by atoms with Gasteiger partial charge in [0.1, 0.15) is 0 Å². The molecule has 1 saturated carbocycles. The smallest absolute Gasteiger partial charge is 0.233 e. The number of nitrogens with one attached hydrogen (secondary N) is 1. The van der Waals surface area contributed by atoms with Crippen LogP contribution in [0.15, 0.2) is 0 Å². The predicted octanol–water partition coefficient (Wildman–Crippen LogP) is 2.48. The molecule has 19 heavy (non-hydrogen) atoms. The molecule has 3 N–H and O–H groups in total. The minimum atomic E-state index is -0.424. The first-order valence-electron chi connectivity index (χ1n) is 7.15. The average Bonchev–Trinajstić information content (AvgIpc) is 2.94. The van der Waals surface area contributed by atoms with E-state index in [0.29, 0.717) is 0 Å². The van der Waals surface area contributed by atoms with Gasteiger partial charge >= 0.3 is 0 Å². The van der Waals surface area contributed by atoms with Crippen LogP contribution in [-0.2, 0) is 17.6 Å². The summed E-state index contributed by atoms with van der Waals surface area (Å²) in [6.07, 6.45) is 7.48. The second kappa shape index (κ2) is 4.87. The molecule has 104 valence electrons. The molecule has 3 rings (SSSR count). The Morgan fingerprint density at radius 1 is 1.42 bits per heavy atom. The molecule has 1 aromatic heterocycles. The molecule has 2 unspecified atom stereocenters. The third-order valence-corrected chi connectivity index (χ3v) is 5.69. The van der Waals surface area contributed by atoms with Gasteiger partial charge in [0.2, 0.25) is 5.91 Å². The molecule has 1 fully saturated rings. The third kappa shape index (κ3) is 2.30. The number of nitrogens with zero attached hydrogens (tertiary/aromatic N) is 1. The number of hydrogen-bond donors (Lipinski definition) is 2. The Bertz CT molecular complexity index is 475. The highest BCUT2D eigenvalue weighted by molar-refractivity contribution is 7.15. The fraction of sp³-hybridized carbons (Fsp3) is 0.714. The Morgan fingerprint density at radius 3 is 2.89 bits per heavy atom. The van der Waals surface area contributed by atoms with E-state index in [0.717, 1.165) is 37.2 Å². The predicted molar refractivity (Wildman–Crippen MR) is 77.3 cm³/mol. The first kappa shape index (κ1) is 13.1. The van der Waals surface area contributed by atoms with Crippen molar-refractivity contribution in [3.63, 3.8) is 0 Å². The SMILES string of the molecule is CC1(C(=O)Nc2nc3c(s2)CCCC3)CCCC1N. The number of carbonyl (C=O) groups is 1. The van der Waals surface area contributed by atoms with Gasteiger partial charge in [-0.05, 0) is 45.4 Å². The third-order valence-electron chi connectivity index (χ3n) is 4.61. The maximum Gasteiger partial charge on any atom is 0.233 e. The van der Waals surface area contributed by atoms with E-state index in [1.54, 1.807) is 11.3 Å². The first-order chi connectivity index (χ1) is 9.09.